The average Bonchev–Trinajstić information content (AvgIpc) is 3.34. The quantitative estimate of drug-likeness (QED) is 0.706. The Labute approximate surface area is 187 Å². The van der Waals surface area contributed by atoms with Gasteiger partial charge in [0, 0.05) is 70.5 Å². The molecule has 1 spiro atoms. The van der Waals surface area contributed by atoms with Crippen LogP contribution in [-0.2, 0) is 17.8 Å². The predicted octanol–water partition coefficient (Wildman–Crippen LogP) is 2.92. The molecule has 3 aliphatic heterocycles. The van der Waals surface area contributed by atoms with Gasteiger partial charge >= 0.3 is 0 Å². The van der Waals surface area contributed by atoms with Crippen LogP contribution in [0.3, 0.4) is 0 Å². The first-order chi connectivity index (χ1) is 14.8. The SMILES string of the molecule is CCn1nccc1CN1C[C@H]2O[C@@]3(CN(CC4=C(C)CCCC4(C)C)C[C@@H]3[C@@H]2CO)C1. The maximum Gasteiger partial charge on any atom is 0.0984 e. The summed E-state index contributed by atoms with van der Waals surface area (Å²) in [5, 5.41) is 14.7. The normalized spacial score (nSPS) is 35.7. The van der Waals surface area contributed by atoms with E-state index in [-0.39, 0.29) is 24.2 Å². The van der Waals surface area contributed by atoms with Crippen molar-refractivity contribution in [3.05, 3.63) is 29.1 Å². The molecule has 5 rings (SSSR count). The zero-order valence-electron chi connectivity index (χ0n) is 19.8. The Kier molecular flexibility index (Phi) is 5.57. The van der Waals surface area contributed by atoms with Gasteiger partial charge in [0.05, 0.1) is 17.4 Å². The number of hydrogen-bond acceptors (Lipinski definition) is 5. The van der Waals surface area contributed by atoms with Crippen LogP contribution in [0.15, 0.2) is 23.4 Å². The number of hydrogen-bond donors (Lipinski definition) is 1. The molecule has 2 bridgehead atoms. The first-order valence-corrected chi connectivity index (χ1v) is 12.3. The predicted molar refractivity (Wildman–Crippen MR) is 122 cm³/mol. The molecule has 0 radical (unpaired) electrons. The van der Waals surface area contributed by atoms with Gasteiger partial charge in [-0.05, 0) is 44.6 Å². The minimum Gasteiger partial charge on any atom is -0.396 e. The molecule has 0 amide bonds. The molecule has 1 aliphatic carbocycles. The zero-order chi connectivity index (χ0) is 21.8. The van der Waals surface area contributed by atoms with E-state index < -0.39 is 0 Å². The van der Waals surface area contributed by atoms with Crippen molar-refractivity contribution < 1.29 is 9.84 Å². The molecule has 0 unspecified atom stereocenters. The van der Waals surface area contributed by atoms with Gasteiger partial charge in [0.15, 0.2) is 0 Å². The Morgan fingerprint density at radius 3 is 2.68 bits per heavy atom. The van der Waals surface area contributed by atoms with Crippen LogP contribution in [0.1, 0.15) is 52.7 Å². The number of allylic oxidation sites excluding steroid dienone is 1. The lowest BCUT2D eigenvalue weighted by molar-refractivity contribution is -0.119. The molecule has 3 fully saturated rings. The first-order valence-electron chi connectivity index (χ1n) is 12.3. The van der Waals surface area contributed by atoms with E-state index in [2.05, 4.69) is 53.3 Å². The fourth-order valence-corrected chi connectivity index (χ4v) is 7.12. The summed E-state index contributed by atoms with van der Waals surface area (Å²) in [7, 11) is 0. The molecule has 3 saturated heterocycles. The van der Waals surface area contributed by atoms with E-state index in [0.717, 1.165) is 45.8 Å². The number of nitrogens with zero attached hydrogens (tertiary/aromatic N) is 4. The van der Waals surface area contributed by atoms with Gasteiger partial charge in [0.25, 0.3) is 0 Å². The van der Waals surface area contributed by atoms with Crippen LogP contribution in [0.5, 0.6) is 0 Å². The Balaban J connectivity index is 1.35. The molecule has 6 nitrogen and oxygen atoms in total. The van der Waals surface area contributed by atoms with E-state index in [0.29, 0.717) is 11.3 Å². The molecule has 1 aromatic rings. The lowest BCUT2D eigenvalue weighted by Crippen LogP contribution is -2.54. The molecule has 0 aromatic carbocycles. The van der Waals surface area contributed by atoms with Crippen molar-refractivity contribution in [3.8, 4) is 0 Å². The first kappa shape index (κ1) is 21.6. The van der Waals surface area contributed by atoms with E-state index in [1.165, 1.54) is 25.0 Å². The third-order valence-corrected chi connectivity index (χ3v) is 8.70. The third kappa shape index (κ3) is 3.69. The maximum atomic E-state index is 10.3. The number of aryl methyl sites for hydroxylation is 1. The van der Waals surface area contributed by atoms with Crippen LogP contribution < -0.4 is 0 Å². The minimum absolute atomic E-state index is 0.138. The monoisotopic (exact) mass is 428 g/mol. The van der Waals surface area contributed by atoms with Gasteiger partial charge in [0.2, 0.25) is 0 Å². The van der Waals surface area contributed by atoms with Crippen molar-refractivity contribution in [2.24, 2.45) is 17.3 Å². The van der Waals surface area contributed by atoms with Crippen molar-refractivity contribution >= 4 is 0 Å². The van der Waals surface area contributed by atoms with Crippen molar-refractivity contribution in [1.82, 2.24) is 19.6 Å². The molecule has 31 heavy (non-hydrogen) atoms. The number of morpholine rings is 1. The summed E-state index contributed by atoms with van der Waals surface area (Å²) >= 11 is 0. The number of rotatable bonds is 6. The van der Waals surface area contributed by atoms with Gasteiger partial charge in [-0.1, -0.05) is 25.0 Å². The largest absolute Gasteiger partial charge is 0.396 e. The minimum atomic E-state index is -0.138. The van der Waals surface area contributed by atoms with Crippen LogP contribution in [0, 0.1) is 17.3 Å². The summed E-state index contributed by atoms with van der Waals surface area (Å²) in [5.74, 6) is 0.678. The molecule has 0 saturated carbocycles. The molecule has 1 N–H and O–H groups in total. The average molecular weight is 429 g/mol. The van der Waals surface area contributed by atoms with Gasteiger partial charge in [-0.25, -0.2) is 0 Å². The van der Waals surface area contributed by atoms with E-state index in [9.17, 15) is 5.11 Å². The molecule has 6 heteroatoms. The van der Waals surface area contributed by atoms with E-state index >= 15 is 0 Å². The molecular formula is C25H40N4O2. The second-order valence-corrected chi connectivity index (χ2v) is 11.1. The summed E-state index contributed by atoms with van der Waals surface area (Å²) in [4.78, 5) is 5.19. The second kappa shape index (κ2) is 7.98. The number of aliphatic hydroxyl groups excluding tert-OH is 1. The highest BCUT2D eigenvalue weighted by Gasteiger charge is 2.62. The maximum absolute atomic E-state index is 10.3. The van der Waals surface area contributed by atoms with Crippen LogP contribution >= 0.6 is 0 Å². The molecule has 1 aromatic heterocycles. The van der Waals surface area contributed by atoms with Crippen molar-refractivity contribution in [2.75, 3.05) is 39.3 Å². The Bertz CT molecular complexity index is 846. The van der Waals surface area contributed by atoms with Crippen molar-refractivity contribution in [3.63, 3.8) is 0 Å². The molecule has 172 valence electrons. The lowest BCUT2D eigenvalue weighted by atomic mass is 9.72. The van der Waals surface area contributed by atoms with Crippen LogP contribution in [0.4, 0.5) is 0 Å². The standard InChI is InChI=1S/C25H40N4O2/c1-5-29-19(8-10-26-29)11-27-14-23-20(15-30)22-13-28(17-25(22,16-27)31-23)12-21-18(2)7-6-9-24(21,3)4/h8,10,20,22-23,30H,5-7,9,11-17H2,1-4H3/t20-,22+,23+,25+/m0/s1. The fraction of sp³-hybridized carbons (Fsp3) is 0.800. The summed E-state index contributed by atoms with van der Waals surface area (Å²) in [5.41, 5.74) is 4.68. The lowest BCUT2D eigenvalue weighted by Gasteiger charge is -2.41. The molecule has 4 atom stereocenters. The number of aromatic nitrogens is 2. The van der Waals surface area contributed by atoms with E-state index in [4.69, 9.17) is 4.74 Å². The summed E-state index contributed by atoms with van der Waals surface area (Å²) in [6.07, 6.45) is 5.91. The third-order valence-electron chi connectivity index (χ3n) is 8.70. The Hall–Kier alpha value is -1.21. The Morgan fingerprint density at radius 2 is 1.97 bits per heavy atom. The van der Waals surface area contributed by atoms with E-state index in [1.54, 1.807) is 11.1 Å². The highest BCUT2D eigenvalue weighted by Crippen LogP contribution is 2.50. The highest BCUT2D eigenvalue weighted by molar-refractivity contribution is 5.25. The van der Waals surface area contributed by atoms with Gasteiger partial charge in [0.1, 0.15) is 0 Å². The second-order valence-electron chi connectivity index (χ2n) is 11.1. The topological polar surface area (TPSA) is 53.8 Å². The number of likely N-dealkylation sites (tertiary alicyclic amines) is 2. The van der Waals surface area contributed by atoms with Crippen LogP contribution in [0.2, 0.25) is 0 Å². The molecule has 4 heterocycles. The van der Waals surface area contributed by atoms with E-state index in [1.807, 2.05) is 6.20 Å². The number of fused-ring (bicyclic) bond motifs is 1. The van der Waals surface area contributed by atoms with Crippen LogP contribution in [-0.4, -0.2) is 75.7 Å². The summed E-state index contributed by atoms with van der Waals surface area (Å²) in [6.45, 7) is 16.3. The zero-order valence-corrected chi connectivity index (χ0v) is 19.8. The number of ether oxygens (including phenoxy) is 1. The molecular weight excluding hydrogens is 388 g/mol. The fourth-order valence-electron chi connectivity index (χ4n) is 7.12. The van der Waals surface area contributed by atoms with Crippen LogP contribution in [0.25, 0.3) is 0 Å². The number of aliphatic hydroxyl groups is 1. The van der Waals surface area contributed by atoms with Gasteiger partial charge < -0.3 is 9.84 Å². The van der Waals surface area contributed by atoms with Crippen molar-refractivity contribution in [2.45, 2.75) is 71.8 Å². The smallest absolute Gasteiger partial charge is 0.0984 e. The highest BCUT2D eigenvalue weighted by atomic mass is 16.5. The summed E-state index contributed by atoms with van der Waals surface area (Å²) < 4.78 is 8.83. The van der Waals surface area contributed by atoms with Gasteiger partial charge in [-0.3, -0.25) is 14.5 Å². The molecule has 4 aliphatic rings. The van der Waals surface area contributed by atoms with Crippen molar-refractivity contribution in [1.29, 1.82) is 0 Å². The van der Waals surface area contributed by atoms with Gasteiger partial charge in [-0.2, -0.15) is 5.10 Å². The summed E-state index contributed by atoms with van der Waals surface area (Å²) in [6, 6.07) is 2.14. The Morgan fingerprint density at radius 1 is 1.19 bits per heavy atom. The van der Waals surface area contributed by atoms with Gasteiger partial charge in [-0.15, -0.1) is 0 Å².